The number of methoxy groups -OCH3 is 1. The maximum atomic E-state index is 13.5. The van der Waals surface area contributed by atoms with Gasteiger partial charge in [0.25, 0.3) is 5.91 Å². The van der Waals surface area contributed by atoms with Gasteiger partial charge in [0.15, 0.2) is 11.6 Å². The van der Waals surface area contributed by atoms with Crippen LogP contribution in [0.5, 0.6) is 5.75 Å². The molecule has 1 aromatic carbocycles. The Morgan fingerprint density at radius 1 is 1.58 bits per heavy atom. The second-order valence-corrected chi connectivity index (χ2v) is 4.48. The summed E-state index contributed by atoms with van der Waals surface area (Å²) >= 11 is 0. The average molecular weight is 271 g/mol. The normalized spacial score (nSPS) is 22.6. The molecule has 2 atom stereocenters. The van der Waals surface area contributed by atoms with Crippen molar-refractivity contribution in [3.63, 3.8) is 0 Å². The van der Waals surface area contributed by atoms with Crippen LogP contribution in [0.1, 0.15) is 16.8 Å². The Hall–Kier alpha value is -1.69. The van der Waals surface area contributed by atoms with Crippen LogP contribution in [-0.2, 0) is 0 Å². The van der Waals surface area contributed by atoms with E-state index in [-0.39, 0.29) is 30.9 Å². The van der Waals surface area contributed by atoms with Gasteiger partial charge in [0.1, 0.15) is 6.17 Å². The number of ether oxygens (including phenoxy) is 1. The van der Waals surface area contributed by atoms with E-state index >= 15 is 0 Å². The smallest absolute Gasteiger partial charge is 0.254 e. The first-order valence-electron chi connectivity index (χ1n) is 5.96. The Balaban J connectivity index is 2.22. The summed E-state index contributed by atoms with van der Waals surface area (Å²) in [5.74, 6) is -1.09. The Bertz CT molecular complexity index is 481. The van der Waals surface area contributed by atoms with Crippen LogP contribution in [0.4, 0.5) is 8.78 Å². The highest BCUT2D eigenvalue weighted by Crippen LogP contribution is 2.24. The van der Waals surface area contributed by atoms with Crippen LogP contribution < -0.4 is 4.74 Å². The molecule has 19 heavy (non-hydrogen) atoms. The SMILES string of the molecule is COc1ccc(C(=O)N2C[C@@H](F)C[C@H]2CO)cc1F. The molecule has 0 aliphatic carbocycles. The molecular formula is C13H15F2NO3. The van der Waals surface area contributed by atoms with Gasteiger partial charge in [-0.2, -0.15) is 0 Å². The zero-order chi connectivity index (χ0) is 14.0. The maximum absolute atomic E-state index is 13.5. The number of alkyl halides is 1. The highest BCUT2D eigenvalue weighted by atomic mass is 19.1. The van der Waals surface area contributed by atoms with E-state index in [0.29, 0.717) is 0 Å². The first-order valence-corrected chi connectivity index (χ1v) is 5.96. The molecule has 0 radical (unpaired) electrons. The maximum Gasteiger partial charge on any atom is 0.254 e. The lowest BCUT2D eigenvalue weighted by Crippen LogP contribution is -2.37. The molecule has 2 rings (SSSR count). The highest BCUT2D eigenvalue weighted by molar-refractivity contribution is 5.94. The van der Waals surface area contributed by atoms with E-state index < -0.39 is 23.9 Å². The van der Waals surface area contributed by atoms with Gasteiger partial charge in [-0.25, -0.2) is 8.78 Å². The van der Waals surface area contributed by atoms with Crippen molar-refractivity contribution in [2.75, 3.05) is 20.3 Å². The molecule has 6 heteroatoms. The predicted molar refractivity (Wildman–Crippen MR) is 64.4 cm³/mol. The molecule has 1 aliphatic rings. The van der Waals surface area contributed by atoms with E-state index in [1.165, 1.54) is 24.1 Å². The van der Waals surface area contributed by atoms with Crippen molar-refractivity contribution in [3.05, 3.63) is 29.6 Å². The second kappa shape index (κ2) is 5.52. The van der Waals surface area contributed by atoms with Gasteiger partial charge in [0.05, 0.1) is 26.3 Å². The molecule has 0 unspecified atom stereocenters. The van der Waals surface area contributed by atoms with Crippen molar-refractivity contribution < 1.29 is 23.4 Å². The van der Waals surface area contributed by atoms with Crippen molar-refractivity contribution in [1.29, 1.82) is 0 Å². The number of halogens is 2. The van der Waals surface area contributed by atoms with Gasteiger partial charge in [-0.3, -0.25) is 4.79 Å². The zero-order valence-corrected chi connectivity index (χ0v) is 10.5. The van der Waals surface area contributed by atoms with Crippen molar-refractivity contribution in [3.8, 4) is 5.75 Å². The van der Waals surface area contributed by atoms with E-state index in [4.69, 9.17) is 9.84 Å². The molecule has 4 nitrogen and oxygen atoms in total. The summed E-state index contributed by atoms with van der Waals surface area (Å²) in [5, 5.41) is 9.13. The Kier molecular flexibility index (Phi) is 3.99. The molecule has 1 aliphatic heterocycles. The topological polar surface area (TPSA) is 49.8 Å². The molecule has 104 valence electrons. The van der Waals surface area contributed by atoms with Gasteiger partial charge < -0.3 is 14.7 Å². The lowest BCUT2D eigenvalue weighted by Gasteiger charge is -2.22. The van der Waals surface area contributed by atoms with Crippen molar-refractivity contribution in [1.82, 2.24) is 4.90 Å². The van der Waals surface area contributed by atoms with Crippen molar-refractivity contribution in [2.45, 2.75) is 18.6 Å². The third-order valence-electron chi connectivity index (χ3n) is 3.23. The Morgan fingerprint density at radius 3 is 2.89 bits per heavy atom. The minimum absolute atomic E-state index is 0.0417. The molecule has 1 fully saturated rings. The summed E-state index contributed by atoms with van der Waals surface area (Å²) < 4.78 is 31.6. The largest absolute Gasteiger partial charge is 0.494 e. The fourth-order valence-corrected chi connectivity index (χ4v) is 2.25. The summed E-state index contributed by atoms with van der Waals surface area (Å²) in [6.45, 7) is -0.373. The van der Waals surface area contributed by atoms with Crippen LogP contribution in [0.15, 0.2) is 18.2 Å². The molecule has 1 amide bonds. The molecule has 1 heterocycles. The fraction of sp³-hybridized carbons (Fsp3) is 0.462. The molecular weight excluding hydrogens is 256 g/mol. The first kappa shape index (κ1) is 13.7. The predicted octanol–water partition coefficient (Wildman–Crippen LogP) is 1.38. The number of hydrogen-bond donors (Lipinski definition) is 1. The molecule has 1 aromatic rings. The minimum Gasteiger partial charge on any atom is -0.494 e. The molecule has 0 spiro atoms. The van der Waals surface area contributed by atoms with Gasteiger partial charge in [-0.1, -0.05) is 0 Å². The van der Waals surface area contributed by atoms with Crippen LogP contribution in [0, 0.1) is 5.82 Å². The highest BCUT2D eigenvalue weighted by Gasteiger charge is 2.35. The molecule has 1 N–H and O–H groups in total. The number of benzene rings is 1. The van der Waals surface area contributed by atoms with Crippen LogP contribution >= 0.6 is 0 Å². The number of amides is 1. The monoisotopic (exact) mass is 271 g/mol. The summed E-state index contributed by atoms with van der Waals surface area (Å²) in [7, 11) is 1.33. The van der Waals surface area contributed by atoms with Gasteiger partial charge >= 0.3 is 0 Å². The van der Waals surface area contributed by atoms with Gasteiger partial charge in [0.2, 0.25) is 0 Å². The van der Waals surface area contributed by atoms with E-state index in [1.807, 2.05) is 0 Å². The Labute approximate surface area is 109 Å². The van der Waals surface area contributed by atoms with E-state index in [1.54, 1.807) is 0 Å². The molecule has 0 aromatic heterocycles. The number of carbonyl (C=O) groups excluding carboxylic acids is 1. The van der Waals surface area contributed by atoms with Crippen LogP contribution in [-0.4, -0.2) is 48.4 Å². The summed E-state index contributed by atoms with van der Waals surface area (Å²) in [6.07, 6.45) is -1.04. The zero-order valence-electron chi connectivity index (χ0n) is 10.5. The van der Waals surface area contributed by atoms with Crippen molar-refractivity contribution in [2.24, 2.45) is 0 Å². The summed E-state index contributed by atoms with van der Waals surface area (Å²) in [6, 6.07) is 3.28. The lowest BCUT2D eigenvalue weighted by atomic mass is 10.1. The number of hydrogen-bond acceptors (Lipinski definition) is 3. The van der Waals surface area contributed by atoms with Crippen LogP contribution in [0.3, 0.4) is 0 Å². The van der Waals surface area contributed by atoms with Gasteiger partial charge in [-0.05, 0) is 18.2 Å². The third-order valence-corrected chi connectivity index (χ3v) is 3.23. The Morgan fingerprint density at radius 2 is 2.32 bits per heavy atom. The fourth-order valence-electron chi connectivity index (χ4n) is 2.25. The summed E-state index contributed by atoms with van der Waals surface area (Å²) in [5.41, 5.74) is 0.117. The lowest BCUT2D eigenvalue weighted by molar-refractivity contribution is 0.0672. The third kappa shape index (κ3) is 2.68. The standard InChI is InChI=1S/C13H15F2NO3/c1-19-12-3-2-8(4-11(12)15)13(18)16-6-9(14)5-10(16)7-17/h2-4,9-10,17H,5-7H2,1H3/t9-,10-/m0/s1. The number of aliphatic hydroxyl groups excluding tert-OH is 1. The molecule has 0 saturated carbocycles. The van der Waals surface area contributed by atoms with E-state index in [2.05, 4.69) is 0 Å². The van der Waals surface area contributed by atoms with Gasteiger partial charge in [-0.15, -0.1) is 0 Å². The number of aliphatic hydroxyl groups is 1. The average Bonchev–Trinajstić information content (AvgIpc) is 2.79. The summed E-state index contributed by atoms with van der Waals surface area (Å²) in [4.78, 5) is 13.4. The van der Waals surface area contributed by atoms with E-state index in [0.717, 1.165) is 6.07 Å². The number of nitrogens with zero attached hydrogens (tertiary/aromatic N) is 1. The first-order chi connectivity index (χ1) is 9.06. The van der Waals surface area contributed by atoms with E-state index in [9.17, 15) is 13.6 Å². The molecule has 1 saturated heterocycles. The minimum atomic E-state index is -1.15. The molecule has 0 bridgehead atoms. The quantitative estimate of drug-likeness (QED) is 0.903. The van der Waals surface area contributed by atoms with Crippen LogP contribution in [0.25, 0.3) is 0 Å². The van der Waals surface area contributed by atoms with Crippen LogP contribution in [0.2, 0.25) is 0 Å². The number of carbonyl (C=O) groups is 1. The number of likely N-dealkylation sites (tertiary alicyclic amines) is 1. The second-order valence-electron chi connectivity index (χ2n) is 4.48. The van der Waals surface area contributed by atoms with Crippen molar-refractivity contribution >= 4 is 5.91 Å². The van der Waals surface area contributed by atoms with Gasteiger partial charge in [0, 0.05) is 12.0 Å². The number of rotatable bonds is 3.